The third-order valence-electron chi connectivity index (χ3n) is 3.41. The van der Waals surface area contributed by atoms with E-state index in [0.29, 0.717) is 18.4 Å². The Balaban J connectivity index is 2.10. The van der Waals surface area contributed by atoms with Crippen molar-refractivity contribution in [2.24, 2.45) is 0 Å². The SMILES string of the molecule is CCC(c1nc(Cc2ccncc2)no1)C(C)NC. The van der Waals surface area contributed by atoms with Gasteiger partial charge in [-0.3, -0.25) is 4.98 Å². The Morgan fingerprint density at radius 1 is 1.32 bits per heavy atom. The molecule has 0 fully saturated rings. The summed E-state index contributed by atoms with van der Waals surface area (Å²) < 4.78 is 5.40. The maximum Gasteiger partial charge on any atom is 0.231 e. The van der Waals surface area contributed by atoms with Crippen molar-refractivity contribution in [1.82, 2.24) is 20.4 Å². The van der Waals surface area contributed by atoms with Crippen molar-refractivity contribution in [1.29, 1.82) is 0 Å². The first kappa shape index (κ1) is 13.7. The summed E-state index contributed by atoms with van der Waals surface area (Å²) in [5, 5.41) is 7.30. The molecule has 5 nitrogen and oxygen atoms in total. The van der Waals surface area contributed by atoms with Gasteiger partial charge in [-0.25, -0.2) is 0 Å². The highest BCUT2D eigenvalue weighted by Crippen LogP contribution is 2.21. The van der Waals surface area contributed by atoms with Gasteiger partial charge in [0.25, 0.3) is 0 Å². The molecule has 0 aromatic carbocycles. The lowest BCUT2D eigenvalue weighted by Crippen LogP contribution is -2.28. The number of hydrogen-bond donors (Lipinski definition) is 1. The van der Waals surface area contributed by atoms with E-state index < -0.39 is 0 Å². The van der Waals surface area contributed by atoms with Crippen LogP contribution in [-0.4, -0.2) is 28.2 Å². The fourth-order valence-corrected chi connectivity index (χ4v) is 2.12. The summed E-state index contributed by atoms with van der Waals surface area (Å²) in [5.41, 5.74) is 1.14. The molecule has 1 N–H and O–H groups in total. The summed E-state index contributed by atoms with van der Waals surface area (Å²) in [6.45, 7) is 4.26. The van der Waals surface area contributed by atoms with Gasteiger partial charge in [-0.1, -0.05) is 12.1 Å². The first-order chi connectivity index (χ1) is 9.24. The molecule has 0 aliphatic rings. The largest absolute Gasteiger partial charge is 0.339 e. The van der Waals surface area contributed by atoms with Gasteiger partial charge in [0, 0.05) is 24.9 Å². The smallest absolute Gasteiger partial charge is 0.231 e. The Morgan fingerprint density at radius 2 is 2.05 bits per heavy atom. The zero-order chi connectivity index (χ0) is 13.7. The molecule has 2 rings (SSSR count). The zero-order valence-corrected chi connectivity index (χ0v) is 11.6. The molecule has 0 bridgehead atoms. The lowest BCUT2D eigenvalue weighted by atomic mass is 9.98. The predicted molar refractivity (Wildman–Crippen MR) is 72.9 cm³/mol. The van der Waals surface area contributed by atoms with Crippen LogP contribution in [0, 0.1) is 0 Å². The fourth-order valence-electron chi connectivity index (χ4n) is 2.12. The normalized spacial score (nSPS) is 14.3. The van der Waals surface area contributed by atoms with E-state index in [4.69, 9.17) is 4.52 Å². The van der Waals surface area contributed by atoms with Crippen LogP contribution in [0.1, 0.15) is 43.5 Å². The third kappa shape index (κ3) is 3.38. The third-order valence-corrected chi connectivity index (χ3v) is 3.41. The van der Waals surface area contributed by atoms with Crippen LogP contribution in [0.25, 0.3) is 0 Å². The highest BCUT2D eigenvalue weighted by atomic mass is 16.5. The first-order valence-corrected chi connectivity index (χ1v) is 6.63. The summed E-state index contributed by atoms with van der Waals surface area (Å²) in [5.74, 6) is 1.69. The van der Waals surface area contributed by atoms with E-state index in [-0.39, 0.29) is 5.92 Å². The van der Waals surface area contributed by atoms with E-state index in [1.807, 2.05) is 19.2 Å². The minimum Gasteiger partial charge on any atom is -0.339 e. The summed E-state index contributed by atoms with van der Waals surface area (Å²) in [6.07, 6.45) is 5.19. The molecular formula is C14H20N4O. The van der Waals surface area contributed by atoms with Crippen LogP contribution >= 0.6 is 0 Å². The van der Waals surface area contributed by atoms with Gasteiger partial charge in [-0.15, -0.1) is 0 Å². The molecular weight excluding hydrogens is 240 g/mol. The van der Waals surface area contributed by atoms with Gasteiger partial charge in [-0.2, -0.15) is 4.98 Å². The van der Waals surface area contributed by atoms with Crippen molar-refractivity contribution in [2.75, 3.05) is 7.05 Å². The Bertz CT molecular complexity index is 497. The van der Waals surface area contributed by atoms with Crippen LogP contribution in [0.15, 0.2) is 29.0 Å². The minimum atomic E-state index is 0.253. The Morgan fingerprint density at radius 3 is 2.68 bits per heavy atom. The molecule has 102 valence electrons. The van der Waals surface area contributed by atoms with Crippen LogP contribution < -0.4 is 5.32 Å². The highest BCUT2D eigenvalue weighted by molar-refractivity contribution is 5.15. The molecule has 2 unspecified atom stereocenters. The van der Waals surface area contributed by atoms with Gasteiger partial charge in [0.05, 0.1) is 5.92 Å². The molecule has 2 heterocycles. The van der Waals surface area contributed by atoms with Gasteiger partial charge in [0.2, 0.25) is 5.89 Å². The van der Waals surface area contributed by atoms with Crippen LogP contribution in [0.5, 0.6) is 0 Å². The quantitative estimate of drug-likeness (QED) is 0.862. The highest BCUT2D eigenvalue weighted by Gasteiger charge is 2.22. The first-order valence-electron chi connectivity index (χ1n) is 6.63. The molecule has 0 radical (unpaired) electrons. The van der Waals surface area contributed by atoms with E-state index in [9.17, 15) is 0 Å². The van der Waals surface area contributed by atoms with Gasteiger partial charge in [-0.05, 0) is 38.1 Å². The van der Waals surface area contributed by atoms with Gasteiger partial charge < -0.3 is 9.84 Å². The molecule has 5 heteroatoms. The number of aromatic nitrogens is 3. The molecule has 19 heavy (non-hydrogen) atoms. The maximum atomic E-state index is 5.40. The second kappa shape index (κ2) is 6.43. The molecule has 2 aromatic rings. The number of nitrogens with one attached hydrogen (secondary N) is 1. The minimum absolute atomic E-state index is 0.253. The second-order valence-electron chi connectivity index (χ2n) is 4.67. The van der Waals surface area contributed by atoms with Crippen LogP contribution in [-0.2, 0) is 6.42 Å². The Labute approximate surface area is 113 Å². The van der Waals surface area contributed by atoms with E-state index in [1.54, 1.807) is 12.4 Å². The molecule has 2 aromatic heterocycles. The summed E-state index contributed by atoms with van der Waals surface area (Å²) in [7, 11) is 1.95. The van der Waals surface area contributed by atoms with E-state index in [1.165, 1.54) is 0 Å². The Kier molecular flexibility index (Phi) is 4.63. The second-order valence-corrected chi connectivity index (χ2v) is 4.67. The molecule has 0 saturated carbocycles. The fraction of sp³-hybridized carbons (Fsp3) is 0.500. The Hall–Kier alpha value is -1.75. The zero-order valence-electron chi connectivity index (χ0n) is 11.6. The number of rotatable bonds is 6. The van der Waals surface area contributed by atoms with Crippen molar-refractivity contribution >= 4 is 0 Å². The van der Waals surface area contributed by atoms with E-state index >= 15 is 0 Å². The van der Waals surface area contributed by atoms with Crippen molar-refractivity contribution in [3.05, 3.63) is 41.8 Å². The molecule has 0 saturated heterocycles. The van der Waals surface area contributed by atoms with Crippen molar-refractivity contribution in [2.45, 2.75) is 38.6 Å². The maximum absolute atomic E-state index is 5.40. The van der Waals surface area contributed by atoms with Crippen LogP contribution in [0.3, 0.4) is 0 Å². The topological polar surface area (TPSA) is 63.8 Å². The molecule has 2 atom stereocenters. The summed E-state index contributed by atoms with van der Waals surface area (Å²) >= 11 is 0. The molecule has 0 aliphatic heterocycles. The number of pyridine rings is 1. The van der Waals surface area contributed by atoms with Gasteiger partial charge in [0.1, 0.15) is 0 Å². The molecule has 0 amide bonds. The van der Waals surface area contributed by atoms with E-state index in [0.717, 1.165) is 17.8 Å². The van der Waals surface area contributed by atoms with Gasteiger partial charge >= 0.3 is 0 Å². The number of nitrogens with zero attached hydrogens (tertiary/aromatic N) is 3. The van der Waals surface area contributed by atoms with Crippen LogP contribution in [0.4, 0.5) is 0 Å². The van der Waals surface area contributed by atoms with E-state index in [2.05, 4.69) is 34.3 Å². The average molecular weight is 260 g/mol. The number of hydrogen-bond acceptors (Lipinski definition) is 5. The summed E-state index contributed by atoms with van der Waals surface area (Å²) in [4.78, 5) is 8.50. The van der Waals surface area contributed by atoms with Crippen molar-refractivity contribution < 1.29 is 4.52 Å². The van der Waals surface area contributed by atoms with Gasteiger partial charge in [0.15, 0.2) is 5.82 Å². The van der Waals surface area contributed by atoms with Crippen molar-refractivity contribution in [3.63, 3.8) is 0 Å². The molecule has 0 aliphatic carbocycles. The standard InChI is InChI=1S/C14H20N4O/c1-4-12(10(2)15-3)14-17-13(18-19-14)9-11-5-7-16-8-6-11/h5-8,10,12,15H,4,9H2,1-3H3. The average Bonchev–Trinajstić information content (AvgIpc) is 2.89. The number of likely N-dealkylation sites (N-methyl/N-ethyl adjacent to an activating group) is 1. The van der Waals surface area contributed by atoms with Crippen molar-refractivity contribution in [3.8, 4) is 0 Å². The molecule has 0 spiro atoms. The predicted octanol–water partition coefficient (Wildman–Crippen LogP) is 2.16. The summed E-state index contributed by atoms with van der Waals surface area (Å²) in [6, 6.07) is 4.24. The monoisotopic (exact) mass is 260 g/mol. The lowest BCUT2D eigenvalue weighted by molar-refractivity contribution is 0.320. The lowest BCUT2D eigenvalue weighted by Gasteiger charge is -2.17. The van der Waals surface area contributed by atoms with Crippen LogP contribution in [0.2, 0.25) is 0 Å².